The third-order valence-corrected chi connectivity index (χ3v) is 4.85. The maximum absolute atomic E-state index is 7.13. The molecule has 0 aromatic heterocycles. The first-order chi connectivity index (χ1) is 9.90. The molecule has 2 nitrogen and oxygen atoms in total. The van der Waals surface area contributed by atoms with Crippen LogP contribution in [0, 0.1) is 11.3 Å². The average molecular weight is 290 g/mol. The van der Waals surface area contributed by atoms with Gasteiger partial charge in [0.15, 0.2) is 0 Å². The fourth-order valence-corrected chi connectivity index (χ4v) is 3.55. The van der Waals surface area contributed by atoms with Crippen LogP contribution in [0.2, 0.25) is 0 Å². The maximum atomic E-state index is 7.13. The molecule has 1 fully saturated rings. The minimum absolute atomic E-state index is 0.907. The van der Waals surface area contributed by atoms with E-state index in [0.717, 1.165) is 24.8 Å². The Hall–Kier alpha value is -0.800. The number of thioether (sulfide) groups is 1. The molecule has 0 heterocycles. The SMILES string of the molecule is N=CSCc1ccccc1CNCCC1CCCCC1. The van der Waals surface area contributed by atoms with Crippen molar-refractivity contribution in [2.45, 2.75) is 50.8 Å². The van der Waals surface area contributed by atoms with Gasteiger partial charge in [0.2, 0.25) is 0 Å². The van der Waals surface area contributed by atoms with E-state index in [0.29, 0.717) is 0 Å². The molecule has 1 aliphatic carbocycles. The van der Waals surface area contributed by atoms with Crippen molar-refractivity contribution in [3.05, 3.63) is 35.4 Å². The van der Waals surface area contributed by atoms with Crippen LogP contribution in [0.4, 0.5) is 0 Å². The summed E-state index contributed by atoms with van der Waals surface area (Å²) in [7, 11) is 0. The van der Waals surface area contributed by atoms with Crippen molar-refractivity contribution in [3.63, 3.8) is 0 Å². The van der Waals surface area contributed by atoms with Crippen molar-refractivity contribution < 1.29 is 0 Å². The summed E-state index contributed by atoms with van der Waals surface area (Å²) in [4.78, 5) is 0. The van der Waals surface area contributed by atoms with Gasteiger partial charge in [-0.2, -0.15) is 0 Å². The molecule has 3 heteroatoms. The minimum atomic E-state index is 0.907. The molecule has 2 rings (SSSR count). The van der Waals surface area contributed by atoms with Crippen LogP contribution in [0.5, 0.6) is 0 Å². The van der Waals surface area contributed by atoms with Crippen molar-refractivity contribution in [2.75, 3.05) is 6.54 Å². The highest BCUT2D eigenvalue weighted by molar-refractivity contribution is 8.11. The van der Waals surface area contributed by atoms with Gasteiger partial charge in [-0.3, -0.25) is 0 Å². The van der Waals surface area contributed by atoms with Gasteiger partial charge in [0, 0.05) is 12.3 Å². The second-order valence-corrected chi connectivity index (χ2v) is 6.52. The molecule has 1 aromatic rings. The van der Waals surface area contributed by atoms with Crippen molar-refractivity contribution >= 4 is 17.3 Å². The molecule has 20 heavy (non-hydrogen) atoms. The molecule has 1 aliphatic rings. The van der Waals surface area contributed by atoms with Crippen LogP contribution in [-0.4, -0.2) is 12.1 Å². The lowest BCUT2D eigenvalue weighted by Crippen LogP contribution is -2.19. The summed E-state index contributed by atoms with van der Waals surface area (Å²) >= 11 is 1.55. The van der Waals surface area contributed by atoms with E-state index in [-0.39, 0.29) is 0 Å². The fraction of sp³-hybridized carbons (Fsp3) is 0.588. The van der Waals surface area contributed by atoms with Crippen molar-refractivity contribution in [1.82, 2.24) is 5.32 Å². The van der Waals surface area contributed by atoms with E-state index < -0.39 is 0 Å². The first-order valence-corrected chi connectivity index (χ1v) is 8.83. The summed E-state index contributed by atoms with van der Waals surface area (Å²) in [6, 6.07) is 8.57. The zero-order valence-corrected chi connectivity index (χ0v) is 13.1. The molecule has 0 radical (unpaired) electrons. The molecule has 0 spiro atoms. The molecule has 0 aliphatic heterocycles. The smallest absolute Gasteiger partial charge is 0.0509 e. The lowest BCUT2D eigenvalue weighted by Gasteiger charge is -2.21. The molecule has 0 amide bonds. The Morgan fingerprint density at radius 2 is 1.90 bits per heavy atom. The number of hydrogen-bond donors (Lipinski definition) is 2. The van der Waals surface area contributed by atoms with Gasteiger partial charge in [-0.05, 0) is 30.0 Å². The average Bonchev–Trinajstić information content (AvgIpc) is 2.51. The van der Waals surface area contributed by atoms with Crippen LogP contribution < -0.4 is 5.32 Å². The molecule has 1 aromatic carbocycles. The Labute approximate surface area is 127 Å². The molecule has 2 N–H and O–H groups in total. The van der Waals surface area contributed by atoms with Gasteiger partial charge >= 0.3 is 0 Å². The summed E-state index contributed by atoms with van der Waals surface area (Å²) in [6.45, 7) is 2.10. The Morgan fingerprint density at radius 3 is 2.65 bits per heavy atom. The summed E-state index contributed by atoms with van der Waals surface area (Å²) in [6.07, 6.45) is 8.53. The largest absolute Gasteiger partial charge is 0.313 e. The molecule has 0 atom stereocenters. The summed E-state index contributed by atoms with van der Waals surface area (Å²) in [5, 5.41) is 10.7. The molecule has 1 saturated carbocycles. The van der Waals surface area contributed by atoms with E-state index in [2.05, 4.69) is 29.6 Å². The highest BCUT2D eigenvalue weighted by Crippen LogP contribution is 2.25. The third-order valence-electron chi connectivity index (χ3n) is 4.21. The molecular formula is C17H26N2S. The Kier molecular flexibility index (Phi) is 7.16. The maximum Gasteiger partial charge on any atom is 0.0509 e. The van der Waals surface area contributed by atoms with Crippen LogP contribution in [0.3, 0.4) is 0 Å². The zero-order chi connectivity index (χ0) is 14.0. The highest BCUT2D eigenvalue weighted by atomic mass is 32.2. The number of nitrogens with one attached hydrogen (secondary N) is 2. The van der Waals surface area contributed by atoms with Gasteiger partial charge in [0.25, 0.3) is 0 Å². The predicted octanol–water partition coefficient (Wildman–Crippen LogP) is 4.59. The lowest BCUT2D eigenvalue weighted by atomic mass is 9.87. The van der Waals surface area contributed by atoms with Crippen LogP contribution in [0.25, 0.3) is 0 Å². The van der Waals surface area contributed by atoms with E-state index >= 15 is 0 Å². The molecule has 110 valence electrons. The first-order valence-electron chi connectivity index (χ1n) is 7.78. The normalized spacial score (nSPS) is 16.2. The van der Waals surface area contributed by atoms with E-state index in [1.165, 1.54) is 55.2 Å². The van der Waals surface area contributed by atoms with Crippen LogP contribution in [0.1, 0.15) is 49.7 Å². The fourth-order valence-electron chi connectivity index (χ4n) is 3.01. The number of hydrogen-bond acceptors (Lipinski definition) is 3. The topological polar surface area (TPSA) is 35.9 Å². The van der Waals surface area contributed by atoms with Crippen molar-refractivity contribution in [1.29, 1.82) is 5.41 Å². The van der Waals surface area contributed by atoms with E-state index in [4.69, 9.17) is 5.41 Å². The van der Waals surface area contributed by atoms with Crippen molar-refractivity contribution in [2.24, 2.45) is 5.92 Å². The standard InChI is InChI=1S/C17H26N2S/c18-14-20-13-17-9-5-4-8-16(17)12-19-11-10-15-6-2-1-3-7-15/h4-5,8-9,14-15,18-19H,1-3,6-7,10-13H2. The molecule has 0 saturated heterocycles. The van der Waals surface area contributed by atoms with E-state index in [1.54, 1.807) is 11.8 Å². The highest BCUT2D eigenvalue weighted by Gasteiger charge is 2.12. The Morgan fingerprint density at radius 1 is 1.15 bits per heavy atom. The van der Waals surface area contributed by atoms with Crippen LogP contribution in [-0.2, 0) is 12.3 Å². The molecule has 0 unspecified atom stereocenters. The second-order valence-electron chi connectivity index (χ2n) is 5.67. The van der Waals surface area contributed by atoms with Crippen LogP contribution >= 0.6 is 11.8 Å². The van der Waals surface area contributed by atoms with Gasteiger partial charge in [0.05, 0.1) is 5.55 Å². The van der Waals surface area contributed by atoms with Gasteiger partial charge in [-0.15, -0.1) is 11.8 Å². The Balaban J connectivity index is 1.71. The van der Waals surface area contributed by atoms with Gasteiger partial charge in [0.1, 0.15) is 0 Å². The third kappa shape index (κ3) is 5.29. The van der Waals surface area contributed by atoms with E-state index in [9.17, 15) is 0 Å². The van der Waals surface area contributed by atoms with Crippen LogP contribution in [0.15, 0.2) is 24.3 Å². The Bertz CT molecular complexity index is 400. The quantitative estimate of drug-likeness (QED) is 0.417. The minimum Gasteiger partial charge on any atom is -0.313 e. The van der Waals surface area contributed by atoms with E-state index in [1.807, 2.05) is 0 Å². The zero-order valence-electron chi connectivity index (χ0n) is 12.2. The second kappa shape index (κ2) is 9.19. The van der Waals surface area contributed by atoms with Gasteiger partial charge in [-0.1, -0.05) is 56.4 Å². The van der Waals surface area contributed by atoms with Gasteiger partial charge in [-0.25, -0.2) is 0 Å². The number of benzene rings is 1. The first kappa shape index (κ1) is 15.6. The predicted molar refractivity (Wildman–Crippen MR) is 89.4 cm³/mol. The molecular weight excluding hydrogens is 264 g/mol. The monoisotopic (exact) mass is 290 g/mol. The summed E-state index contributed by atoms with van der Waals surface area (Å²) in [5.74, 6) is 1.87. The summed E-state index contributed by atoms with van der Waals surface area (Å²) in [5.41, 5.74) is 4.16. The molecule has 0 bridgehead atoms. The lowest BCUT2D eigenvalue weighted by molar-refractivity contribution is 0.334. The summed E-state index contributed by atoms with van der Waals surface area (Å²) < 4.78 is 0. The van der Waals surface area contributed by atoms with Crippen molar-refractivity contribution in [3.8, 4) is 0 Å². The number of rotatable bonds is 8. The van der Waals surface area contributed by atoms with Gasteiger partial charge < -0.3 is 10.7 Å².